The summed E-state index contributed by atoms with van der Waals surface area (Å²) in [5.74, 6) is 0.751. The van der Waals surface area contributed by atoms with Gasteiger partial charge >= 0.3 is 0 Å². The number of methoxy groups -OCH3 is 1. The predicted octanol–water partition coefficient (Wildman–Crippen LogP) is 2.47. The topological polar surface area (TPSA) is 38.8 Å². The number of aldehydes is 1. The Morgan fingerprint density at radius 3 is 2.95 bits per heavy atom. The SMILES string of the molecule is COc1ccc(C=O)c(COC2CCCCN2C)c1. The molecule has 4 nitrogen and oxygen atoms in total. The summed E-state index contributed by atoms with van der Waals surface area (Å²) in [6, 6.07) is 5.43. The van der Waals surface area contributed by atoms with Crippen LogP contribution in [0.1, 0.15) is 35.2 Å². The number of ether oxygens (including phenoxy) is 2. The van der Waals surface area contributed by atoms with E-state index in [1.165, 1.54) is 12.8 Å². The van der Waals surface area contributed by atoms with E-state index in [0.29, 0.717) is 12.2 Å². The van der Waals surface area contributed by atoms with Gasteiger partial charge in [0.05, 0.1) is 13.7 Å². The van der Waals surface area contributed by atoms with Gasteiger partial charge in [-0.05, 0) is 50.1 Å². The molecule has 0 saturated carbocycles. The summed E-state index contributed by atoms with van der Waals surface area (Å²) in [5, 5.41) is 0. The van der Waals surface area contributed by atoms with Crippen molar-refractivity contribution in [2.24, 2.45) is 0 Å². The van der Waals surface area contributed by atoms with E-state index >= 15 is 0 Å². The fourth-order valence-corrected chi connectivity index (χ4v) is 2.39. The first-order chi connectivity index (χ1) is 9.24. The molecule has 1 atom stereocenters. The number of nitrogens with zero attached hydrogens (tertiary/aromatic N) is 1. The second-order valence-corrected chi connectivity index (χ2v) is 4.92. The summed E-state index contributed by atoms with van der Waals surface area (Å²) in [7, 11) is 3.70. The number of piperidine rings is 1. The molecule has 0 bridgehead atoms. The Hall–Kier alpha value is -1.39. The number of rotatable bonds is 5. The van der Waals surface area contributed by atoms with E-state index < -0.39 is 0 Å². The molecule has 1 aromatic carbocycles. The second-order valence-electron chi connectivity index (χ2n) is 4.92. The first kappa shape index (κ1) is 14.0. The van der Waals surface area contributed by atoms with Crippen LogP contribution in [-0.4, -0.2) is 38.1 Å². The molecule has 1 aromatic rings. The predicted molar refractivity (Wildman–Crippen MR) is 73.4 cm³/mol. The van der Waals surface area contributed by atoms with Gasteiger partial charge in [0, 0.05) is 12.1 Å². The lowest BCUT2D eigenvalue weighted by molar-refractivity contribution is -0.0762. The van der Waals surface area contributed by atoms with Crippen LogP contribution in [0.5, 0.6) is 5.75 Å². The molecule has 0 radical (unpaired) electrons. The third-order valence-electron chi connectivity index (χ3n) is 3.61. The second kappa shape index (κ2) is 6.68. The molecule has 1 heterocycles. The third-order valence-corrected chi connectivity index (χ3v) is 3.61. The van der Waals surface area contributed by atoms with E-state index in [9.17, 15) is 4.79 Å². The average Bonchev–Trinajstić information content (AvgIpc) is 2.46. The molecule has 19 heavy (non-hydrogen) atoms. The lowest BCUT2D eigenvalue weighted by atomic mass is 10.1. The zero-order chi connectivity index (χ0) is 13.7. The Labute approximate surface area is 114 Å². The highest BCUT2D eigenvalue weighted by molar-refractivity contribution is 5.77. The van der Waals surface area contributed by atoms with E-state index in [0.717, 1.165) is 30.6 Å². The summed E-state index contributed by atoms with van der Waals surface area (Å²) in [4.78, 5) is 13.3. The van der Waals surface area contributed by atoms with Crippen molar-refractivity contribution in [3.63, 3.8) is 0 Å². The third kappa shape index (κ3) is 3.55. The van der Waals surface area contributed by atoms with Gasteiger partial charge in [0.25, 0.3) is 0 Å². The van der Waals surface area contributed by atoms with Gasteiger partial charge in [0.15, 0.2) is 0 Å². The van der Waals surface area contributed by atoms with Crippen LogP contribution in [0.3, 0.4) is 0 Å². The van der Waals surface area contributed by atoms with Crippen molar-refractivity contribution in [2.75, 3.05) is 20.7 Å². The van der Waals surface area contributed by atoms with Gasteiger partial charge in [0.1, 0.15) is 18.3 Å². The number of likely N-dealkylation sites (tertiary alicyclic amines) is 1. The van der Waals surface area contributed by atoms with Gasteiger partial charge in [0.2, 0.25) is 0 Å². The van der Waals surface area contributed by atoms with Crippen LogP contribution in [0.15, 0.2) is 18.2 Å². The minimum absolute atomic E-state index is 0.152. The maximum absolute atomic E-state index is 11.0. The van der Waals surface area contributed by atoms with Crippen LogP contribution in [0.4, 0.5) is 0 Å². The fraction of sp³-hybridized carbons (Fsp3) is 0.533. The van der Waals surface area contributed by atoms with Crippen molar-refractivity contribution in [3.8, 4) is 5.75 Å². The monoisotopic (exact) mass is 263 g/mol. The lowest BCUT2D eigenvalue weighted by Gasteiger charge is -2.32. The van der Waals surface area contributed by atoms with E-state index in [1.807, 2.05) is 6.07 Å². The van der Waals surface area contributed by atoms with Crippen molar-refractivity contribution < 1.29 is 14.3 Å². The molecule has 4 heteroatoms. The molecule has 104 valence electrons. The quantitative estimate of drug-likeness (QED) is 0.765. The standard InChI is InChI=1S/C15H21NO3/c1-16-8-4-3-5-15(16)19-11-13-9-14(18-2)7-6-12(13)10-17/h6-7,9-10,15H,3-5,8,11H2,1-2H3. The number of hydrogen-bond acceptors (Lipinski definition) is 4. The Balaban J connectivity index is 2.03. The summed E-state index contributed by atoms with van der Waals surface area (Å²) < 4.78 is 11.1. The van der Waals surface area contributed by atoms with Crippen molar-refractivity contribution in [3.05, 3.63) is 29.3 Å². The number of carbonyl (C=O) groups excluding carboxylic acids is 1. The molecule has 1 fully saturated rings. The number of benzene rings is 1. The Morgan fingerprint density at radius 2 is 2.26 bits per heavy atom. The van der Waals surface area contributed by atoms with Gasteiger partial charge in [-0.1, -0.05) is 0 Å². The van der Waals surface area contributed by atoms with Crippen LogP contribution >= 0.6 is 0 Å². The zero-order valence-electron chi connectivity index (χ0n) is 11.6. The van der Waals surface area contributed by atoms with E-state index in [2.05, 4.69) is 11.9 Å². The van der Waals surface area contributed by atoms with E-state index in [1.54, 1.807) is 19.2 Å². The lowest BCUT2D eigenvalue weighted by Crippen LogP contribution is -2.38. The highest BCUT2D eigenvalue weighted by Crippen LogP contribution is 2.21. The first-order valence-corrected chi connectivity index (χ1v) is 6.68. The minimum atomic E-state index is 0.152. The smallest absolute Gasteiger partial charge is 0.150 e. The summed E-state index contributed by atoms with van der Waals surface area (Å²) in [5.41, 5.74) is 1.55. The van der Waals surface area contributed by atoms with Crippen molar-refractivity contribution in [1.29, 1.82) is 0 Å². The van der Waals surface area contributed by atoms with Crippen LogP contribution < -0.4 is 4.74 Å². The van der Waals surface area contributed by atoms with E-state index in [4.69, 9.17) is 9.47 Å². The minimum Gasteiger partial charge on any atom is -0.497 e. The molecular weight excluding hydrogens is 242 g/mol. The zero-order valence-corrected chi connectivity index (χ0v) is 11.6. The summed E-state index contributed by atoms with van der Waals surface area (Å²) in [6.45, 7) is 1.52. The van der Waals surface area contributed by atoms with Crippen LogP contribution in [0.25, 0.3) is 0 Å². The molecule has 1 aliphatic rings. The number of carbonyl (C=O) groups is 1. The first-order valence-electron chi connectivity index (χ1n) is 6.68. The Bertz CT molecular complexity index is 433. The van der Waals surface area contributed by atoms with Gasteiger partial charge in [-0.3, -0.25) is 9.69 Å². The molecule has 2 rings (SSSR count). The molecule has 1 saturated heterocycles. The van der Waals surface area contributed by atoms with Gasteiger partial charge in [-0.25, -0.2) is 0 Å². The maximum Gasteiger partial charge on any atom is 0.150 e. The highest BCUT2D eigenvalue weighted by atomic mass is 16.5. The molecule has 0 N–H and O–H groups in total. The molecular formula is C15H21NO3. The normalized spacial score (nSPS) is 20.2. The molecule has 0 spiro atoms. The Morgan fingerprint density at radius 1 is 1.42 bits per heavy atom. The maximum atomic E-state index is 11.0. The summed E-state index contributed by atoms with van der Waals surface area (Å²) in [6.07, 6.45) is 4.50. The molecule has 1 unspecified atom stereocenters. The largest absolute Gasteiger partial charge is 0.497 e. The molecule has 0 amide bonds. The van der Waals surface area contributed by atoms with Crippen LogP contribution in [0.2, 0.25) is 0 Å². The van der Waals surface area contributed by atoms with Crippen LogP contribution in [-0.2, 0) is 11.3 Å². The Kier molecular flexibility index (Phi) is 4.93. The highest BCUT2D eigenvalue weighted by Gasteiger charge is 2.19. The fourth-order valence-electron chi connectivity index (χ4n) is 2.39. The summed E-state index contributed by atoms with van der Waals surface area (Å²) >= 11 is 0. The molecule has 1 aliphatic heterocycles. The number of hydrogen-bond donors (Lipinski definition) is 0. The van der Waals surface area contributed by atoms with Gasteiger partial charge in [-0.2, -0.15) is 0 Å². The van der Waals surface area contributed by atoms with Crippen molar-refractivity contribution in [1.82, 2.24) is 4.90 Å². The van der Waals surface area contributed by atoms with E-state index in [-0.39, 0.29) is 6.23 Å². The van der Waals surface area contributed by atoms with Crippen LogP contribution in [0, 0.1) is 0 Å². The molecule has 0 aliphatic carbocycles. The van der Waals surface area contributed by atoms with Gasteiger partial charge in [-0.15, -0.1) is 0 Å². The average molecular weight is 263 g/mol. The molecule has 0 aromatic heterocycles. The van der Waals surface area contributed by atoms with Gasteiger partial charge < -0.3 is 9.47 Å². The van der Waals surface area contributed by atoms with Crippen molar-refractivity contribution >= 4 is 6.29 Å². The van der Waals surface area contributed by atoms with Crippen molar-refractivity contribution in [2.45, 2.75) is 32.1 Å².